The summed E-state index contributed by atoms with van der Waals surface area (Å²) in [6.07, 6.45) is 2.84. The Hall–Kier alpha value is -2.84. The van der Waals surface area contributed by atoms with Gasteiger partial charge in [0.2, 0.25) is 0 Å². The molecule has 166 valence electrons. The number of nitrogen functional groups attached to an aromatic ring is 1. The van der Waals surface area contributed by atoms with Crippen LogP contribution in [-0.2, 0) is 16.5 Å². The van der Waals surface area contributed by atoms with E-state index >= 15 is 0 Å². The van der Waals surface area contributed by atoms with Gasteiger partial charge in [-0.3, -0.25) is 9.35 Å². The molecule has 2 aromatic carbocycles. The average Bonchev–Trinajstić information content (AvgIpc) is 2.67. The monoisotopic (exact) mass is 444 g/mol. The molecule has 31 heavy (non-hydrogen) atoms. The first-order valence-electron chi connectivity index (χ1n) is 10.1. The van der Waals surface area contributed by atoms with E-state index in [4.69, 9.17) is 15.0 Å². The molecule has 2 aromatic rings. The third-order valence-corrected chi connectivity index (χ3v) is 6.13. The summed E-state index contributed by atoms with van der Waals surface area (Å²) in [5, 5.41) is 3.01. The molecule has 0 saturated carbocycles. The maximum Gasteiger partial charge on any atom is 0.264 e. The van der Waals surface area contributed by atoms with Gasteiger partial charge in [0, 0.05) is 28.4 Å². The van der Waals surface area contributed by atoms with Crippen molar-refractivity contribution >= 4 is 27.8 Å². The Morgan fingerprint density at radius 1 is 1.26 bits per heavy atom. The summed E-state index contributed by atoms with van der Waals surface area (Å²) in [6.45, 7) is 6.04. The number of aryl methyl sites for hydroxylation is 2. The Kier molecular flexibility index (Phi) is 6.71. The van der Waals surface area contributed by atoms with E-state index in [1.54, 1.807) is 18.2 Å². The van der Waals surface area contributed by atoms with Crippen molar-refractivity contribution in [1.29, 1.82) is 0 Å². The number of nitrogens with one attached hydrogen (secondary N) is 1. The number of fused-ring (bicyclic) bond motifs is 1. The minimum atomic E-state index is -4.01. The second-order valence-corrected chi connectivity index (χ2v) is 9.63. The molecule has 1 aliphatic carbocycles. The van der Waals surface area contributed by atoms with Crippen LogP contribution in [0.25, 0.3) is 6.08 Å². The van der Waals surface area contributed by atoms with Gasteiger partial charge >= 0.3 is 0 Å². The van der Waals surface area contributed by atoms with Crippen LogP contribution in [0.15, 0.2) is 36.0 Å². The van der Waals surface area contributed by atoms with Crippen LogP contribution in [0.2, 0.25) is 0 Å². The van der Waals surface area contributed by atoms with Gasteiger partial charge in [0.05, 0.1) is 12.4 Å². The van der Waals surface area contributed by atoms with E-state index in [1.807, 2.05) is 26.0 Å². The average molecular weight is 445 g/mol. The molecule has 0 aromatic heterocycles. The van der Waals surface area contributed by atoms with E-state index in [9.17, 15) is 13.2 Å². The zero-order valence-corrected chi connectivity index (χ0v) is 18.8. The zero-order valence-electron chi connectivity index (χ0n) is 17.9. The second-order valence-electron chi connectivity index (χ2n) is 8.05. The highest BCUT2D eigenvalue weighted by Gasteiger charge is 2.23. The smallest absolute Gasteiger partial charge is 0.264 e. The van der Waals surface area contributed by atoms with Crippen molar-refractivity contribution < 1.29 is 22.5 Å². The molecule has 7 nitrogen and oxygen atoms in total. The van der Waals surface area contributed by atoms with Gasteiger partial charge in [-0.1, -0.05) is 13.0 Å². The lowest BCUT2D eigenvalue weighted by molar-refractivity contribution is 0.0962. The molecule has 8 heteroatoms. The normalized spacial score (nSPS) is 15.7. The first-order valence-corrected chi connectivity index (χ1v) is 11.7. The van der Waals surface area contributed by atoms with Crippen molar-refractivity contribution in [2.75, 3.05) is 18.1 Å². The third-order valence-electron chi connectivity index (χ3n) is 5.32. The minimum Gasteiger partial charge on any atom is -0.493 e. The van der Waals surface area contributed by atoms with E-state index in [0.717, 1.165) is 34.4 Å². The predicted octanol–water partition coefficient (Wildman–Crippen LogP) is 3.51. The fraction of sp³-hybridized carbons (Fsp3) is 0.348. The molecule has 0 spiro atoms. The van der Waals surface area contributed by atoms with Crippen LogP contribution in [0.5, 0.6) is 5.75 Å². The summed E-state index contributed by atoms with van der Waals surface area (Å²) in [7, 11) is -4.01. The first kappa shape index (κ1) is 22.8. The van der Waals surface area contributed by atoms with Crippen molar-refractivity contribution in [3.8, 4) is 5.75 Å². The number of hydrogen-bond donors (Lipinski definition) is 3. The van der Waals surface area contributed by atoms with Crippen LogP contribution in [0, 0.1) is 19.8 Å². The van der Waals surface area contributed by atoms with Crippen LogP contribution >= 0.6 is 0 Å². The first-order chi connectivity index (χ1) is 14.5. The molecule has 1 aliphatic rings. The maximum atomic E-state index is 12.8. The largest absolute Gasteiger partial charge is 0.493 e. The molecule has 4 N–H and O–H groups in total. The third kappa shape index (κ3) is 5.86. The number of rotatable bonds is 7. The number of benzene rings is 2. The van der Waals surface area contributed by atoms with E-state index in [1.165, 1.54) is 0 Å². The van der Waals surface area contributed by atoms with Crippen LogP contribution in [0.1, 0.15) is 46.0 Å². The van der Waals surface area contributed by atoms with Crippen LogP contribution in [-0.4, -0.2) is 31.2 Å². The molecule has 1 atom stereocenters. The van der Waals surface area contributed by atoms with E-state index in [0.29, 0.717) is 17.0 Å². The quantitative estimate of drug-likeness (QED) is 0.342. The van der Waals surface area contributed by atoms with Crippen LogP contribution in [0.4, 0.5) is 5.69 Å². The highest BCUT2D eigenvalue weighted by atomic mass is 32.2. The van der Waals surface area contributed by atoms with Gasteiger partial charge in [0.25, 0.3) is 16.0 Å². The Bertz CT molecular complexity index is 1140. The molecular formula is C23H28N2O5S. The van der Waals surface area contributed by atoms with Gasteiger partial charge in [-0.2, -0.15) is 8.42 Å². The van der Waals surface area contributed by atoms with E-state index < -0.39 is 10.1 Å². The zero-order chi connectivity index (χ0) is 22.8. The molecule has 0 saturated heterocycles. The summed E-state index contributed by atoms with van der Waals surface area (Å²) in [5.41, 5.74) is 11.7. The molecule has 0 radical (unpaired) electrons. The highest BCUT2D eigenvalue weighted by Crippen LogP contribution is 2.34. The Morgan fingerprint density at radius 3 is 2.68 bits per heavy atom. The SMILES string of the molecule is Cc1cc2c(c(OCCCS(=O)(=O)O)c1)C=C(NC(=O)c1ccc(N)c(C)c1)C(C)C2. The lowest BCUT2D eigenvalue weighted by atomic mass is 9.86. The van der Waals surface area contributed by atoms with Crippen molar-refractivity contribution in [3.05, 3.63) is 63.8 Å². The standard InChI is InChI=1S/C23H28N2O5S/c1-14-9-18-12-16(3)21(25-23(26)17-5-6-20(24)15(2)11-17)13-19(18)22(10-14)30-7-4-8-31(27,28)29/h5-6,9-11,13,16H,4,7-8,12,24H2,1-3H3,(H,25,26)(H,27,28,29). The molecule has 0 bridgehead atoms. The summed E-state index contributed by atoms with van der Waals surface area (Å²) in [6, 6.07) is 9.17. The van der Waals surface area contributed by atoms with Crippen LogP contribution < -0.4 is 15.8 Å². The van der Waals surface area contributed by atoms with Crippen molar-refractivity contribution in [2.45, 2.75) is 33.6 Å². The molecule has 0 aliphatic heterocycles. The predicted molar refractivity (Wildman–Crippen MR) is 122 cm³/mol. The van der Waals surface area contributed by atoms with Gasteiger partial charge in [-0.05, 0) is 73.7 Å². The van der Waals surface area contributed by atoms with Crippen molar-refractivity contribution in [1.82, 2.24) is 5.32 Å². The minimum absolute atomic E-state index is 0.112. The molecular weight excluding hydrogens is 416 g/mol. The Morgan fingerprint density at radius 2 is 2.00 bits per heavy atom. The van der Waals surface area contributed by atoms with Gasteiger partial charge < -0.3 is 15.8 Å². The fourth-order valence-electron chi connectivity index (χ4n) is 3.63. The van der Waals surface area contributed by atoms with E-state index in [2.05, 4.69) is 18.3 Å². The maximum absolute atomic E-state index is 12.8. The summed E-state index contributed by atoms with van der Waals surface area (Å²) < 4.78 is 36.5. The number of carbonyl (C=O) groups excluding carboxylic acids is 1. The summed E-state index contributed by atoms with van der Waals surface area (Å²) in [5.74, 6) is 0.191. The molecule has 1 unspecified atom stereocenters. The van der Waals surface area contributed by atoms with Gasteiger partial charge in [-0.15, -0.1) is 0 Å². The Labute approximate surface area is 183 Å². The lowest BCUT2D eigenvalue weighted by Gasteiger charge is -2.26. The Balaban J connectivity index is 1.82. The number of ether oxygens (including phenoxy) is 1. The number of nitrogens with two attached hydrogens (primary N) is 1. The molecule has 0 fully saturated rings. The second kappa shape index (κ2) is 9.11. The van der Waals surface area contributed by atoms with Crippen LogP contribution in [0.3, 0.4) is 0 Å². The summed E-state index contributed by atoms with van der Waals surface area (Å²) >= 11 is 0. The number of allylic oxidation sites excluding steroid dienone is 1. The van der Waals surface area contributed by atoms with Crippen molar-refractivity contribution in [3.63, 3.8) is 0 Å². The van der Waals surface area contributed by atoms with E-state index in [-0.39, 0.29) is 30.6 Å². The van der Waals surface area contributed by atoms with Crippen molar-refractivity contribution in [2.24, 2.45) is 5.92 Å². The lowest BCUT2D eigenvalue weighted by Crippen LogP contribution is -2.29. The fourth-order valence-corrected chi connectivity index (χ4v) is 4.11. The topological polar surface area (TPSA) is 119 Å². The number of carbonyl (C=O) groups is 1. The number of amides is 1. The van der Waals surface area contributed by atoms with Gasteiger partial charge in [-0.25, -0.2) is 0 Å². The number of anilines is 1. The van der Waals surface area contributed by atoms with Gasteiger partial charge in [0.1, 0.15) is 5.75 Å². The molecule has 0 heterocycles. The highest BCUT2D eigenvalue weighted by molar-refractivity contribution is 7.85. The summed E-state index contributed by atoms with van der Waals surface area (Å²) in [4.78, 5) is 12.8. The molecule has 1 amide bonds. The van der Waals surface area contributed by atoms with Gasteiger partial charge in [0.15, 0.2) is 0 Å². The molecule has 3 rings (SSSR count). The number of hydrogen-bond acceptors (Lipinski definition) is 5.